The number of ether oxygens (including phenoxy) is 6. The number of hydrogen-bond donors (Lipinski definition) is 3. The number of amides is 1. The van der Waals surface area contributed by atoms with Gasteiger partial charge in [-0.25, -0.2) is 9.59 Å². The molecule has 1 aliphatic carbocycles. The number of esters is 2. The minimum atomic E-state index is -2.55. The zero-order chi connectivity index (χ0) is 48.3. The smallest absolute Gasteiger partial charge is 0.335 e. The molecule has 3 N–H and O–H groups in total. The Morgan fingerprint density at radius 2 is 1.55 bits per heavy atom. The van der Waals surface area contributed by atoms with E-state index < -0.39 is 90.0 Å². The fourth-order valence-electron chi connectivity index (χ4n) is 10.2. The van der Waals surface area contributed by atoms with Gasteiger partial charge in [-0.15, -0.1) is 0 Å². The predicted octanol–water partition coefficient (Wildman–Crippen LogP) is 5.61. The summed E-state index contributed by atoms with van der Waals surface area (Å²) in [5.41, 5.74) is 0.972. The molecule has 5 rings (SSSR count). The summed E-state index contributed by atoms with van der Waals surface area (Å²) < 4.78 is 35.3. The van der Waals surface area contributed by atoms with E-state index in [4.69, 9.17) is 28.4 Å². The number of carbonyl (C=O) groups is 5. The van der Waals surface area contributed by atoms with Crippen LogP contribution in [0.15, 0.2) is 65.8 Å². The molecule has 0 radical (unpaired) electrons. The summed E-state index contributed by atoms with van der Waals surface area (Å²) in [6.07, 6.45) is 4.75. The van der Waals surface area contributed by atoms with Gasteiger partial charge >= 0.3 is 11.9 Å². The number of piperidine rings is 1. The van der Waals surface area contributed by atoms with E-state index in [1.54, 1.807) is 64.3 Å². The summed E-state index contributed by atoms with van der Waals surface area (Å²) in [6, 6.07) is 7.42. The lowest BCUT2D eigenvalue weighted by atomic mass is 9.81. The molecule has 366 valence electrons. The average molecular weight is 924 g/mol. The molecule has 3 aliphatic heterocycles. The van der Waals surface area contributed by atoms with Gasteiger partial charge in [-0.05, 0) is 112 Å². The largest absolute Gasteiger partial charge is 0.456 e. The highest BCUT2D eigenvalue weighted by atomic mass is 16.7. The second kappa shape index (κ2) is 24.3. The molecule has 0 spiro atoms. The van der Waals surface area contributed by atoms with Crippen molar-refractivity contribution in [2.24, 2.45) is 29.6 Å². The van der Waals surface area contributed by atoms with E-state index in [0.29, 0.717) is 61.8 Å². The van der Waals surface area contributed by atoms with Crippen molar-refractivity contribution in [3.63, 3.8) is 0 Å². The number of aliphatic hydroxyl groups is 3. The summed E-state index contributed by atoms with van der Waals surface area (Å²) in [5.74, 6) is -8.23. The van der Waals surface area contributed by atoms with Crippen LogP contribution in [0.1, 0.15) is 105 Å². The number of allylic oxidation sites excluding steroid dienone is 4. The number of fused-ring (bicyclic) bond motifs is 3. The Morgan fingerprint density at radius 3 is 2.23 bits per heavy atom. The highest BCUT2D eigenvalue weighted by Gasteiger charge is 2.56. The van der Waals surface area contributed by atoms with Gasteiger partial charge in [0.1, 0.15) is 24.0 Å². The first kappa shape index (κ1) is 52.9. The Hall–Kier alpha value is -4.09. The van der Waals surface area contributed by atoms with Crippen molar-refractivity contribution in [2.75, 3.05) is 27.9 Å². The number of carbonyl (C=O) groups excluding carboxylic acids is 5. The maximum atomic E-state index is 14.5. The number of benzene rings is 1. The Morgan fingerprint density at radius 1 is 0.864 bits per heavy atom. The van der Waals surface area contributed by atoms with Crippen LogP contribution in [0, 0.1) is 29.6 Å². The molecule has 4 aliphatic rings. The van der Waals surface area contributed by atoms with Crippen LogP contribution in [0.3, 0.4) is 0 Å². The van der Waals surface area contributed by atoms with Crippen molar-refractivity contribution in [2.45, 2.75) is 160 Å². The lowest BCUT2D eigenvalue weighted by Gasteiger charge is -2.47. The van der Waals surface area contributed by atoms with Gasteiger partial charge in [0.15, 0.2) is 5.78 Å². The lowest BCUT2D eigenvalue weighted by molar-refractivity contribution is -0.302. The van der Waals surface area contributed by atoms with Crippen molar-refractivity contribution in [3.8, 4) is 5.75 Å². The summed E-state index contributed by atoms with van der Waals surface area (Å²) in [5, 5.41) is 34.6. The number of hydrogen-bond acceptors (Lipinski definition) is 14. The van der Waals surface area contributed by atoms with Gasteiger partial charge < -0.3 is 48.6 Å². The van der Waals surface area contributed by atoms with Gasteiger partial charge in [0.05, 0.1) is 30.5 Å². The molecule has 1 aromatic carbocycles. The standard InChI is InChI=1S/C51H73NO14/c1-30-23-31(2)25-43(62-7)47-44(63-8)27-33(4)51(60,66-47)48(57)49(58)52-22-13-12-18-38(52)50(59)65-46(32(3)26-35-20-21-39(53)42(28-35)61-6)34(5)40(54)29-41(55)36(24-30)15-14-19-45(56)64-37-16-10-9-11-17-37/h9-11,14,16-17,19,24,26,30-31,33-35,38-40,42-44,46-47,53-54,60H,12-13,15,18,20-23,25,27-29H2,1-8H3/t30?,31-,33+,34+,35-,38-,39+,40-,42+,43-,44-,46+,47+,51+/m0/s1. The first-order valence-corrected chi connectivity index (χ1v) is 23.7. The Kier molecular flexibility index (Phi) is 19.4. The number of para-hydroxylation sites is 1. The van der Waals surface area contributed by atoms with Crippen molar-refractivity contribution >= 4 is 29.4 Å². The molecule has 1 aromatic rings. The van der Waals surface area contributed by atoms with Crippen LogP contribution in [0.2, 0.25) is 0 Å². The van der Waals surface area contributed by atoms with Crippen LogP contribution in [0.5, 0.6) is 5.75 Å². The zero-order valence-corrected chi connectivity index (χ0v) is 40.0. The number of cyclic esters (lactones) is 1. The Balaban J connectivity index is 1.54. The number of Topliss-reactive ketones (excluding diaryl/α,β-unsaturated/α-hetero) is 2. The first-order valence-electron chi connectivity index (χ1n) is 23.7. The summed E-state index contributed by atoms with van der Waals surface area (Å²) in [7, 11) is 4.56. The SMILES string of the molecule is CO[C@H]1C[C@@H](C)CC(C)C=C(CC=CC(=O)Oc2ccccc2)C(=O)C[C@H](O)[C@@H](C)[C@@H](C(C)=C[C@@H]2CC[C@@H](O)[C@H](OC)C2)OC(=O)[C@@H]2CCCCN2C(=O)C(=O)[C@]2(O)O[C@H]1[C@@H](OC)C[C@H]2C. The first-order chi connectivity index (χ1) is 31.4. The van der Waals surface area contributed by atoms with Gasteiger partial charge in [-0.2, -0.15) is 0 Å². The third kappa shape index (κ3) is 13.3. The fourth-order valence-corrected chi connectivity index (χ4v) is 10.2. The number of rotatable bonds is 9. The van der Waals surface area contributed by atoms with Crippen LogP contribution in [0.25, 0.3) is 0 Å². The van der Waals surface area contributed by atoms with Crippen LogP contribution >= 0.6 is 0 Å². The Bertz CT molecular complexity index is 1920. The Labute approximate surface area is 389 Å². The third-order valence-corrected chi connectivity index (χ3v) is 14.0. The lowest BCUT2D eigenvalue weighted by Crippen LogP contribution is -2.64. The van der Waals surface area contributed by atoms with Crippen molar-refractivity contribution in [1.82, 2.24) is 4.90 Å². The highest BCUT2D eigenvalue weighted by Crippen LogP contribution is 2.39. The number of nitrogens with zero attached hydrogens (tertiary/aromatic N) is 1. The molecule has 15 nitrogen and oxygen atoms in total. The van der Waals surface area contributed by atoms with Crippen molar-refractivity contribution in [3.05, 3.63) is 65.8 Å². The van der Waals surface area contributed by atoms with Crippen molar-refractivity contribution in [1.29, 1.82) is 0 Å². The van der Waals surface area contributed by atoms with E-state index in [9.17, 15) is 39.3 Å². The maximum Gasteiger partial charge on any atom is 0.335 e. The number of ketones is 2. The molecule has 2 bridgehead atoms. The van der Waals surface area contributed by atoms with Gasteiger partial charge in [0, 0.05) is 52.2 Å². The van der Waals surface area contributed by atoms with Gasteiger partial charge in [-0.1, -0.05) is 64.1 Å². The third-order valence-electron chi connectivity index (χ3n) is 14.0. The number of methoxy groups -OCH3 is 3. The van der Waals surface area contributed by atoms with E-state index in [0.717, 1.165) is 4.90 Å². The quantitative estimate of drug-likeness (QED) is 0.0906. The molecule has 1 unspecified atom stereocenters. The molecular formula is C51H73NO14. The highest BCUT2D eigenvalue weighted by molar-refractivity contribution is 6.39. The van der Waals surface area contributed by atoms with Crippen LogP contribution in [-0.2, 0) is 47.7 Å². The fraction of sp³-hybridized carbons (Fsp3) is 0.667. The molecule has 0 aromatic heterocycles. The van der Waals surface area contributed by atoms with E-state index in [1.807, 2.05) is 26.0 Å². The molecule has 2 saturated heterocycles. The molecule has 1 saturated carbocycles. The molecule has 3 heterocycles. The summed E-state index contributed by atoms with van der Waals surface area (Å²) >= 11 is 0. The normalized spacial score (nSPS) is 36.2. The molecule has 3 fully saturated rings. The van der Waals surface area contributed by atoms with E-state index in [-0.39, 0.29) is 55.8 Å². The maximum absolute atomic E-state index is 14.5. The van der Waals surface area contributed by atoms with E-state index in [2.05, 4.69) is 0 Å². The molecular weight excluding hydrogens is 851 g/mol. The van der Waals surface area contributed by atoms with E-state index in [1.165, 1.54) is 20.3 Å². The predicted molar refractivity (Wildman–Crippen MR) is 244 cm³/mol. The van der Waals surface area contributed by atoms with Crippen LogP contribution < -0.4 is 4.74 Å². The van der Waals surface area contributed by atoms with Crippen molar-refractivity contribution < 1.29 is 67.7 Å². The minimum Gasteiger partial charge on any atom is -0.456 e. The second-order valence-corrected chi connectivity index (χ2v) is 19.1. The zero-order valence-electron chi connectivity index (χ0n) is 40.0. The summed E-state index contributed by atoms with van der Waals surface area (Å²) in [4.78, 5) is 71.4. The van der Waals surface area contributed by atoms with E-state index >= 15 is 0 Å². The van der Waals surface area contributed by atoms with Gasteiger partial charge in [0.25, 0.3) is 11.7 Å². The molecule has 14 atom stereocenters. The average Bonchev–Trinajstić information content (AvgIpc) is 3.30. The van der Waals surface area contributed by atoms with Gasteiger partial charge in [0.2, 0.25) is 5.79 Å². The summed E-state index contributed by atoms with van der Waals surface area (Å²) in [6.45, 7) is 9.12. The van der Waals surface area contributed by atoms with Gasteiger partial charge in [-0.3, -0.25) is 14.4 Å². The topological polar surface area (TPSA) is 205 Å². The molecule has 66 heavy (non-hydrogen) atoms. The minimum absolute atomic E-state index is 0.0534. The van der Waals surface area contributed by atoms with Crippen LogP contribution in [-0.4, -0.2) is 132 Å². The molecule has 15 heteroatoms. The second-order valence-electron chi connectivity index (χ2n) is 19.1. The molecule has 1 amide bonds. The monoisotopic (exact) mass is 924 g/mol. The van der Waals surface area contributed by atoms with Crippen LogP contribution in [0.4, 0.5) is 0 Å². The number of aliphatic hydroxyl groups excluding tert-OH is 2.